The third-order valence-corrected chi connectivity index (χ3v) is 5.45. The molecule has 9 heteroatoms. The lowest BCUT2D eigenvalue weighted by atomic mass is 10.1. The van der Waals surface area contributed by atoms with Crippen molar-refractivity contribution in [2.24, 2.45) is 0 Å². The molecule has 3 rings (SSSR count). The molecule has 0 saturated carbocycles. The van der Waals surface area contributed by atoms with Crippen LogP contribution in [0.4, 0.5) is 5.69 Å². The predicted molar refractivity (Wildman–Crippen MR) is 104 cm³/mol. The summed E-state index contributed by atoms with van der Waals surface area (Å²) < 4.78 is 28.4. The highest BCUT2D eigenvalue weighted by atomic mass is 32.2. The Kier molecular flexibility index (Phi) is 5.57. The molecule has 0 atom stereocenters. The molecule has 0 aliphatic heterocycles. The molecule has 0 aliphatic carbocycles. The van der Waals surface area contributed by atoms with Crippen molar-refractivity contribution < 1.29 is 18.6 Å². The smallest absolute Gasteiger partial charge is 0.263 e. The first-order chi connectivity index (χ1) is 13.9. The quantitative estimate of drug-likeness (QED) is 0.551. The maximum atomic E-state index is 13.0. The van der Waals surface area contributed by atoms with Gasteiger partial charge in [-0.1, -0.05) is 12.1 Å². The molecule has 29 heavy (non-hydrogen) atoms. The number of aliphatic hydroxyl groups is 2. The van der Waals surface area contributed by atoms with E-state index in [1.165, 1.54) is 24.3 Å². The van der Waals surface area contributed by atoms with Crippen molar-refractivity contribution in [1.29, 1.82) is 10.5 Å². The van der Waals surface area contributed by atoms with Gasteiger partial charge in [-0.15, -0.1) is 0 Å². The summed E-state index contributed by atoms with van der Waals surface area (Å²) in [5, 5.41) is 37.1. The van der Waals surface area contributed by atoms with Crippen LogP contribution in [0, 0.1) is 22.7 Å². The van der Waals surface area contributed by atoms with Crippen LogP contribution in [0.5, 0.6) is 0 Å². The zero-order valence-corrected chi connectivity index (χ0v) is 15.6. The highest BCUT2D eigenvalue weighted by molar-refractivity contribution is 7.92. The second kappa shape index (κ2) is 8.09. The molecule has 3 aromatic rings. The highest BCUT2D eigenvalue weighted by Gasteiger charge is 2.22. The Morgan fingerprint density at radius 3 is 2.41 bits per heavy atom. The molecule has 0 amide bonds. The number of aliphatic hydroxyl groups excluding tert-OH is 1. The normalized spacial score (nSPS) is 10.9. The first kappa shape index (κ1) is 20.0. The van der Waals surface area contributed by atoms with Crippen molar-refractivity contribution >= 4 is 15.7 Å². The largest absolute Gasteiger partial charge is 0.364 e. The summed E-state index contributed by atoms with van der Waals surface area (Å²) in [5.41, 5.74) is 0.988. The summed E-state index contributed by atoms with van der Waals surface area (Å²) >= 11 is 0. The van der Waals surface area contributed by atoms with E-state index in [0.717, 1.165) is 6.07 Å². The molecule has 3 N–H and O–H groups in total. The fourth-order valence-electron chi connectivity index (χ4n) is 2.66. The van der Waals surface area contributed by atoms with Gasteiger partial charge in [0.15, 0.2) is 6.29 Å². The minimum atomic E-state index is -4.30. The van der Waals surface area contributed by atoms with Crippen LogP contribution >= 0.6 is 0 Å². The number of sulfonamides is 1. The van der Waals surface area contributed by atoms with E-state index in [1.807, 2.05) is 6.07 Å². The van der Waals surface area contributed by atoms with E-state index in [2.05, 4.69) is 9.71 Å². The SMILES string of the molecule is N#Cc1ccc(-c2ccccn2)c(NS(=O)(=O)c2cc(C(O)O)ccc2C#N)c1. The predicted octanol–water partition coefficient (Wildman–Crippen LogP) is 2.28. The third-order valence-electron chi connectivity index (χ3n) is 4.05. The van der Waals surface area contributed by atoms with Crippen molar-refractivity contribution in [3.8, 4) is 23.4 Å². The van der Waals surface area contributed by atoms with Crippen molar-refractivity contribution in [1.82, 2.24) is 4.98 Å². The van der Waals surface area contributed by atoms with Gasteiger partial charge in [0, 0.05) is 17.3 Å². The number of nitriles is 2. The fourth-order valence-corrected chi connectivity index (χ4v) is 3.92. The minimum Gasteiger partial charge on any atom is -0.364 e. The van der Waals surface area contributed by atoms with Gasteiger partial charge in [0.1, 0.15) is 11.0 Å². The molecular formula is C20H14N4O4S. The summed E-state index contributed by atoms with van der Waals surface area (Å²) in [7, 11) is -4.30. The van der Waals surface area contributed by atoms with Crippen LogP contribution in [0.3, 0.4) is 0 Å². The molecule has 144 valence electrons. The monoisotopic (exact) mass is 406 g/mol. The van der Waals surface area contributed by atoms with Crippen molar-refractivity contribution in [2.45, 2.75) is 11.2 Å². The summed E-state index contributed by atoms with van der Waals surface area (Å²) in [6.07, 6.45) is -0.353. The van der Waals surface area contributed by atoms with Gasteiger partial charge in [0.05, 0.1) is 28.6 Å². The number of hydrogen-bond donors (Lipinski definition) is 3. The maximum Gasteiger partial charge on any atom is 0.263 e. The van der Waals surface area contributed by atoms with E-state index in [9.17, 15) is 29.2 Å². The van der Waals surface area contributed by atoms with E-state index < -0.39 is 21.2 Å². The van der Waals surface area contributed by atoms with Crippen LogP contribution in [0.25, 0.3) is 11.3 Å². The molecule has 0 radical (unpaired) electrons. The topological polar surface area (TPSA) is 147 Å². The van der Waals surface area contributed by atoms with Crippen LogP contribution in [0.15, 0.2) is 65.7 Å². The van der Waals surface area contributed by atoms with Gasteiger partial charge < -0.3 is 10.2 Å². The van der Waals surface area contributed by atoms with Gasteiger partial charge in [-0.2, -0.15) is 10.5 Å². The number of rotatable bonds is 5. The zero-order valence-electron chi connectivity index (χ0n) is 14.8. The Morgan fingerprint density at radius 1 is 1.00 bits per heavy atom. The zero-order chi connectivity index (χ0) is 21.0. The number of nitrogens with one attached hydrogen (secondary N) is 1. The summed E-state index contributed by atoms with van der Waals surface area (Å²) in [5.74, 6) is 0. The lowest BCUT2D eigenvalue weighted by Crippen LogP contribution is -2.16. The van der Waals surface area contributed by atoms with Gasteiger partial charge in [0.2, 0.25) is 0 Å². The van der Waals surface area contributed by atoms with Gasteiger partial charge in [0.25, 0.3) is 10.0 Å². The van der Waals surface area contributed by atoms with Crippen LogP contribution in [0.2, 0.25) is 0 Å². The molecule has 0 aliphatic rings. The van der Waals surface area contributed by atoms with Crippen molar-refractivity contribution in [2.75, 3.05) is 4.72 Å². The average molecular weight is 406 g/mol. The second-order valence-corrected chi connectivity index (χ2v) is 7.58. The first-order valence-corrected chi connectivity index (χ1v) is 9.72. The first-order valence-electron chi connectivity index (χ1n) is 8.24. The number of pyridine rings is 1. The van der Waals surface area contributed by atoms with Gasteiger partial charge in [-0.05, 0) is 42.5 Å². The average Bonchev–Trinajstić information content (AvgIpc) is 2.73. The lowest BCUT2D eigenvalue weighted by Gasteiger charge is -2.15. The van der Waals surface area contributed by atoms with Gasteiger partial charge >= 0.3 is 0 Å². The molecule has 0 unspecified atom stereocenters. The number of benzene rings is 2. The number of nitrogens with zero attached hydrogens (tertiary/aromatic N) is 3. The summed E-state index contributed by atoms with van der Waals surface area (Å²) in [6, 6.07) is 16.8. The Labute approximate surface area is 167 Å². The minimum absolute atomic E-state index is 0.0832. The number of anilines is 1. The van der Waals surface area contributed by atoms with Crippen molar-refractivity contribution in [3.05, 3.63) is 77.5 Å². The molecule has 8 nitrogen and oxygen atoms in total. The van der Waals surface area contributed by atoms with Crippen LogP contribution in [-0.2, 0) is 10.0 Å². The number of hydrogen-bond acceptors (Lipinski definition) is 7. The lowest BCUT2D eigenvalue weighted by molar-refractivity contribution is -0.0426. The Morgan fingerprint density at radius 2 is 1.79 bits per heavy atom. The highest BCUT2D eigenvalue weighted by Crippen LogP contribution is 2.30. The fraction of sp³-hybridized carbons (Fsp3) is 0.0500. The molecule has 2 aromatic carbocycles. The Balaban J connectivity index is 2.14. The van der Waals surface area contributed by atoms with E-state index in [0.29, 0.717) is 11.3 Å². The molecular weight excluding hydrogens is 392 g/mol. The third kappa shape index (κ3) is 4.23. The Hall–Kier alpha value is -3.76. The molecule has 0 spiro atoms. The van der Waals surface area contributed by atoms with E-state index in [1.54, 1.807) is 36.5 Å². The van der Waals surface area contributed by atoms with Crippen molar-refractivity contribution in [3.63, 3.8) is 0 Å². The molecule has 0 saturated heterocycles. The molecule has 1 aromatic heterocycles. The van der Waals surface area contributed by atoms with E-state index in [4.69, 9.17) is 0 Å². The molecule has 0 fully saturated rings. The number of aromatic nitrogens is 1. The van der Waals surface area contributed by atoms with Gasteiger partial charge in [-0.25, -0.2) is 8.42 Å². The summed E-state index contributed by atoms with van der Waals surface area (Å²) in [4.78, 5) is 3.79. The molecule has 0 bridgehead atoms. The second-order valence-electron chi connectivity index (χ2n) is 5.93. The van der Waals surface area contributed by atoms with Crippen LogP contribution in [-0.4, -0.2) is 23.6 Å². The van der Waals surface area contributed by atoms with Gasteiger partial charge in [-0.3, -0.25) is 9.71 Å². The van der Waals surface area contributed by atoms with Crippen LogP contribution in [0.1, 0.15) is 23.0 Å². The van der Waals surface area contributed by atoms with E-state index in [-0.39, 0.29) is 22.4 Å². The molecule has 1 heterocycles. The standard InChI is InChI=1S/C20H14N4O4S/c21-11-13-4-7-16(17-3-1-2-8-23-17)18(9-13)24-29(27,28)19-10-14(20(25)26)5-6-15(19)12-22/h1-10,20,24-26H. The maximum absolute atomic E-state index is 13.0. The van der Waals surface area contributed by atoms with Crippen LogP contribution < -0.4 is 4.72 Å². The van der Waals surface area contributed by atoms with E-state index >= 15 is 0 Å². The Bertz CT molecular complexity index is 1240. The summed E-state index contributed by atoms with van der Waals surface area (Å²) in [6.45, 7) is 0.